The van der Waals surface area contributed by atoms with Crippen molar-refractivity contribution < 1.29 is 18.5 Å². The molecule has 22 heavy (non-hydrogen) atoms. The van der Waals surface area contributed by atoms with Crippen molar-refractivity contribution in [3.63, 3.8) is 0 Å². The van der Waals surface area contributed by atoms with E-state index < -0.39 is 28.3 Å². The average Bonchev–Trinajstić information content (AvgIpc) is 2.83. The quantitative estimate of drug-likeness (QED) is 0.507. The third-order valence-electron chi connectivity index (χ3n) is 2.55. The normalized spacial score (nSPS) is 10.3. The van der Waals surface area contributed by atoms with Gasteiger partial charge >= 0.3 is 5.82 Å². The molecule has 0 saturated heterocycles. The zero-order valence-corrected chi connectivity index (χ0v) is 12.3. The number of aromatic nitrogens is 2. The van der Waals surface area contributed by atoms with E-state index in [2.05, 4.69) is 32.9 Å². The molecule has 0 atom stereocenters. The number of nitro groups is 1. The Kier molecular flexibility index (Phi) is 4.31. The highest BCUT2D eigenvalue weighted by atomic mass is 79.9. The molecule has 2 rings (SSSR count). The maximum atomic E-state index is 13.9. The van der Waals surface area contributed by atoms with Crippen molar-refractivity contribution in [2.75, 3.05) is 5.32 Å². The lowest BCUT2D eigenvalue weighted by atomic mass is 10.2. The van der Waals surface area contributed by atoms with Crippen LogP contribution >= 0.6 is 15.9 Å². The highest BCUT2D eigenvalue weighted by Gasteiger charge is 2.22. The third kappa shape index (κ3) is 3.01. The third-order valence-corrected chi connectivity index (χ3v) is 3.11. The topological polar surface area (TPSA) is 90.1 Å². The van der Waals surface area contributed by atoms with E-state index in [4.69, 9.17) is 0 Å². The monoisotopic (exact) mass is 372 g/mol. The summed E-state index contributed by atoms with van der Waals surface area (Å²) < 4.78 is 28.4. The Morgan fingerprint density at radius 3 is 2.68 bits per heavy atom. The van der Waals surface area contributed by atoms with E-state index in [1.807, 2.05) is 0 Å². The van der Waals surface area contributed by atoms with Gasteiger partial charge in [-0.3, -0.25) is 4.79 Å². The van der Waals surface area contributed by atoms with Gasteiger partial charge in [-0.15, -0.1) is 4.68 Å². The van der Waals surface area contributed by atoms with Gasteiger partial charge in [-0.25, -0.2) is 8.78 Å². The van der Waals surface area contributed by atoms with Gasteiger partial charge < -0.3 is 15.4 Å². The summed E-state index contributed by atoms with van der Waals surface area (Å²) in [6.07, 6.45) is 2.06. The summed E-state index contributed by atoms with van der Waals surface area (Å²) in [6, 6.07) is 1.50. The first-order chi connectivity index (χ1) is 10.3. The Balaban J connectivity index is 2.53. The van der Waals surface area contributed by atoms with Gasteiger partial charge in [0.2, 0.25) is 5.91 Å². The maximum Gasteiger partial charge on any atom is 0.404 e. The number of nitrogens with zero attached hydrogens (tertiary/aromatic N) is 3. The van der Waals surface area contributed by atoms with Gasteiger partial charge in [0.25, 0.3) is 0 Å². The van der Waals surface area contributed by atoms with Gasteiger partial charge in [0, 0.05) is 6.07 Å². The SMILES string of the molecule is C=CC(=O)Nc1cc(-n2cc(Br)c([N+](=O)[O-])n2)c(F)cc1F. The van der Waals surface area contributed by atoms with Crippen molar-refractivity contribution in [2.24, 2.45) is 0 Å². The minimum Gasteiger partial charge on any atom is -0.358 e. The number of benzene rings is 1. The molecule has 2 aromatic rings. The summed E-state index contributed by atoms with van der Waals surface area (Å²) in [5.41, 5.74) is -0.579. The molecule has 0 fully saturated rings. The number of carbonyl (C=O) groups is 1. The highest BCUT2D eigenvalue weighted by Crippen LogP contribution is 2.27. The van der Waals surface area contributed by atoms with Crippen molar-refractivity contribution in [3.8, 4) is 5.69 Å². The lowest BCUT2D eigenvalue weighted by Crippen LogP contribution is -2.10. The molecule has 0 spiro atoms. The second-order valence-electron chi connectivity index (χ2n) is 3.98. The van der Waals surface area contributed by atoms with Crippen molar-refractivity contribution in [1.29, 1.82) is 0 Å². The molecule has 0 radical (unpaired) electrons. The molecule has 1 amide bonds. The zero-order valence-electron chi connectivity index (χ0n) is 10.7. The Morgan fingerprint density at radius 2 is 2.14 bits per heavy atom. The van der Waals surface area contributed by atoms with Gasteiger partial charge in [-0.05, 0) is 33.0 Å². The van der Waals surface area contributed by atoms with Crippen molar-refractivity contribution in [2.45, 2.75) is 0 Å². The van der Waals surface area contributed by atoms with Crippen LogP contribution in [-0.4, -0.2) is 20.6 Å². The minimum absolute atomic E-state index is 0.0258. The number of amides is 1. The molecule has 1 aromatic heterocycles. The summed E-state index contributed by atoms with van der Waals surface area (Å²) in [7, 11) is 0. The molecular weight excluding hydrogens is 366 g/mol. The number of nitrogens with one attached hydrogen (secondary N) is 1. The van der Waals surface area contributed by atoms with Crippen molar-refractivity contribution in [3.05, 3.63) is 57.2 Å². The molecule has 1 aromatic carbocycles. The van der Waals surface area contributed by atoms with E-state index in [-0.39, 0.29) is 15.8 Å². The molecular formula is C12H7BrF2N4O3. The molecule has 0 bridgehead atoms. The first-order valence-corrected chi connectivity index (χ1v) is 6.45. The number of hydrogen-bond donors (Lipinski definition) is 1. The fraction of sp³-hybridized carbons (Fsp3) is 0. The first kappa shape index (κ1) is 15.8. The van der Waals surface area contributed by atoms with Crippen LogP contribution in [0.1, 0.15) is 0 Å². The van der Waals surface area contributed by atoms with Crippen LogP contribution in [0.2, 0.25) is 0 Å². The predicted octanol–water partition coefficient (Wildman–Crippen LogP) is 2.95. The second-order valence-corrected chi connectivity index (χ2v) is 4.83. The molecule has 0 unspecified atom stereocenters. The fourth-order valence-corrected chi connectivity index (χ4v) is 2.00. The van der Waals surface area contributed by atoms with E-state index in [0.29, 0.717) is 6.07 Å². The minimum atomic E-state index is -1.00. The van der Waals surface area contributed by atoms with E-state index in [1.54, 1.807) is 0 Å². The molecule has 0 saturated carbocycles. The summed E-state index contributed by atoms with van der Waals surface area (Å²) in [5, 5.41) is 16.5. The van der Waals surface area contributed by atoms with E-state index in [1.165, 1.54) is 0 Å². The molecule has 0 aliphatic carbocycles. The first-order valence-electron chi connectivity index (χ1n) is 5.66. The lowest BCUT2D eigenvalue weighted by molar-refractivity contribution is -0.390. The smallest absolute Gasteiger partial charge is 0.358 e. The van der Waals surface area contributed by atoms with Gasteiger partial charge in [0.15, 0.2) is 5.82 Å². The Bertz CT molecular complexity index is 791. The Labute approximate surface area is 130 Å². The van der Waals surface area contributed by atoms with Crippen LogP contribution in [0.15, 0.2) is 35.5 Å². The van der Waals surface area contributed by atoms with Crippen LogP contribution in [0.5, 0.6) is 0 Å². The number of rotatable bonds is 4. The summed E-state index contributed by atoms with van der Waals surface area (Å²) in [6.45, 7) is 3.21. The highest BCUT2D eigenvalue weighted by molar-refractivity contribution is 9.10. The van der Waals surface area contributed by atoms with Gasteiger partial charge in [0.05, 0.1) is 17.0 Å². The van der Waals surface area contributed by atoms with Gasteiger partial charge in [0.1, 0.15) is 16.0 Å². The van der Waals surface area contributed by atoms with Crippen molar-refractivity contribution >= 4 is 33.3 Å². The molecule has 0 aliphatic rings. The van der Waals surface area contributed by atoms with E-state index in [0.717, 1.165) is 23.0 Å². The zero-order chi connectivity index (χ0) is 16.4. The fourth-order valence-electron chi connectivity index (χ4n) is 1.58. The Morgan fingerprint density at radius 1 is 1.45 bits per heavy atom. The number of carbonyl (C=O) groups excluding carboxylic acids is 1. The Hall–Kier alpha value is -2.62. The van der Waals surface area contributed by atoms with Crippen LogP contribution in [0.4, 0.5) is 20.3 Å². The van der Waals surface area contributed by atoms with E-state index in [9.17, 15) is 23.7 Å². The van der Waals surface area contributed by atoms with Crippen molar-refractivity contribution in [1.82, 2.24) is 9.78 Å². The van der Waals surface area contributed by atoms with Gasteiger partial charge in [-0.1, -0.05) is 6.58 Å². The molecule has 10 heteroatoms. The summed E-state index contributed by atoms with van der Waals surface area (Å²) >= 11 is 2.92. The van der Waals surface area contributed by atoms with Crippen LogP contribution in [0, 0.1) is 21.7 Å². The van der Waals surface area contributed by atoms with Crippen LogP contribution in [0.3, 0.4) is 0 Å². The van der Waals surface area contributed by atoms with Crippen LogP contribution in [0.25, 0.3) is 5.69 Å². The number of hydrogen-bond acceptors (Lipinski definition) is 4. The molecule has 7 nitrogen and oxygen atoms in total. The van der Waals surface area contributed by atoms with Crippen LogP contribution < -0.4 is 5.32 Å². The molecule has 1 heterocycles. The van der Waals surface area contributed by atoms with Crippen LogP contribution in [-0.2, 0) is 4.79 Å². The predicted molar refractivity (Wildman–Crippen MR) is 76.7 cm³/mol. The molecule has 1 N–H and O–H groups in total. The average molecular weight is 373 g/mol. The van der Waals surface area contributed by atoms with E-state index >= 15 is 0 Å². The maximum absolute atomic E-state index is 13.9. The summed E-state index contributed by atoms with van der Waals surface area (Å²) in [5.74, 6) is -3.22. The number of halogens is 3. The summed E-state index contributed by atoms with van der Waals surface area (Å²) in [4.78, 5) is 21.2. The standard InChI is InChI=1S/C12H7BrF2N4O3/c1-2-11(20)16-9-4-10(8(15)3-7(9)14)18-5-6(13)12(17-18)19(21)22/h2-5H,1H2,(H,16,20). The molecule has 114 valence electrons. The number of anilines is 1. The second kappa shape index (κ2) is 6.02. The lowest BCUT2D eigenvalue weighted by Gasteiger charge is -2.07. The molecule has 0 aliphatic heterocycles. The van der Waals surface area contributed by atoms with Gasteiger partial charge in [-0.2, -0.15) is 0 Å². The largest absolute Gasteiger partial charge is 0.404 e.